The molecule has 8 heteroatoms. The van der Waals surface area contributed by atoms with Crippen molar-refractivity contribution in [3.05, 3.63) is 12.0 Å². The number of hydrogen-bond acceptors (Lipinski definition) is 4. The molecule has 1 aromatic rings. The summed E-state index contributed by atoms with van der Waals surface area (Å²) >= 11 is 0. The van der Waals surface area contributed by atoms with E-state index in [1.165, 1.54) is 12.6 Å². The van der Waals surface area contributed by atoms with Crippen LogP contribution in [0.1, 0.15) is 38.9 Å². The molecule has 0 aromatic carbocycles. The van der Waals surface area contributed by atoms with Crippen molar-refractivity contribution in [2.24, 2.45) is 18.9 Å². The molecule has 0 bridgehead atoms. The Morgan fingerprint density at radius 2 is 2.09 bits per heavy atom. The molecule has 130 valence electrons. The highest BCUT2D eigenvalue weighted by atomic mass is 32.2. The summed E-state index contributed by atoms with van der Waals surface area (Å²) in [4.78, 5) is 16.0. The number of amides is 1. The lowest BCUT2D eigenvalue weighted by atomic mass is 9.78. The fourth-order valence-electron chi connectivity index (χ4n) is 2.93. The fraction of sp³-hybridized carbons (Fsp3) is 0.733. The number of carbonyl (C=O) groups is 1. The Bertz CT molecular complexity index is 649. The van der Waals surface area contributed by atoms with E-state index >= 15 is 0 Å². The third-order valence-electron chi connectivity index (χ3n) is 4.84. The van der Waals surface area contributed by atoms with Crippen LogP contribution in [0.5, 0.6) is 0 Å². The van der Waals surface area contributed by atoms with E-state index in [1.807, 2.05) is 0 Å². The molecule has 1 saturated carbocycles. The van der Waals surface area contributed by atoms with Gasteiger partial charge < -0.3 is 9.88 Å². The molecule has 1 fully saturated rings. The minimum atomic E-state index is -3.76. The van der Waals surface area contributed by atoms with Crippen LogP contribution in [-0.2, 0) is 21.9 Å². The number of aromatic nitrogens is 2. The molecule has 2 rings (SSSR count). The van der Waals surface area contributed by atoms with E-state index in [2.05, 4.69) is 28.9 Å². The smallest absolute Gasteiger partial charge is 0.260 e. The first-order valence-electron chi connectivity index (χ1n) is 7.99. The number of carbonyl (C=O) groups excluding carboxylic acids is 1. The minimum Gasteiger partial charge on any atom is -0.352 e. The van der Waals surface area contributed by atoms with Crippen molar-refractivity contribution < 1.29 is 13.2 Å². The number of nitrogens with one attached hydrogen (secondary N) is 2. The van der Waals surface area contributed by atoms with E-state index in [4.69, 9.17) is 0 Å². The van der Waals surface area contributed by atoms with Crippen LogP contribution in [0.25, 0.3) is 0 Å². The third-order valence-corrected chi connectivity index (χ3v) is 6.11. The van der Waals surface area contributed by atoms with Crippen molar-refractivity contribution in [1.82, 2.24) is 19.6 Å². The van der Waals surface area contributed by atoms with E-state index in [-0.39, 0.29) is 23.5 Å². The van der Waals surface area contributed by atoms with Crippen LogP contribution in [0.4, 0.5) is 0 Å². The largest absolute Gasteiger partial charge is 0.352 e. The van der Waals surface area contributed by atoms with Gasteiger partial charge in [0.2, 0.25) is 5.91 Å². The molecule has 2 N–H and O–H groups in total. The molecular weight excluding hydrogens is 316 g/mol. The monoisotopic (exact) mass is 342 g/mol. The normalized spacial score (nSPS) is 25.3. The lowest BCUT2D eigenvalue weighted by molar-refractivity contribution is -0.121. The van der Waals surface area contributed by atoms with Gasteiger partial charge in [0.15, 0.2) is 5.03 Å². The van der Waals surface area contributed by atoms with Crippen LogP contribution in [-0.4, -0.2) is 36.5 Å². The van der Waals surface area contributed by atoms with Crippen LogP contribution >= 0.6 is 0 Å². The van der Waals surface area contributed by atoms with E-state index in [0.29, 0.717) is 17.7 Å². The van der Waals surface area contributed by atoms with Gasteiger partial charge >= 0.3 is 0 Å². The Balaban J connectivity index is 1.91. The topological polar surface area (TPSA) is 93.1 Å². The van der Waals surface area contributed by atoms with Gasteiger partial charge in [-0.25, -0.2) is 18.1 Å². The summed E-state index contributed by atoms with van der Waals surface area (Å²) < 4.78 is 28.2. The average molecular weight is 342 g/mol. The number of aryl methyl sites for hydroxylation is 2. The number of imidazole rings is 1. The molecule has 3 unspecified atom stereocenters. The van der Waals surface area contributed by atoms with Crippen molar-refractivity contribution in [3.63, 3.8) is 0 Å². The maximum Gasteiger partial charge on any atom is 0.260 e. The molecule has 1 aliphatic rings. The SMILES string of the molecule is Cc1nc(S(=O)(=O)NCC(=O)NC2CCCC(C)C2C)cn1C. The van der Waals surface area contributed by atoms with Gasteiger partial charge in [-0.05, 0) is 25.2 Å². The van der Waals surface area contributed by atoms with Crippen molar-refractivity contribution in [2.75, 3.05) is 6.54 Å². The van der Waals surface area contributed by atoms with Crippen molar-refractivity contribution in [1.29, 1.82) is 0 Å². The lowest BCUT2D eigenvalue weighted by Crippen LogP contribution is -2.47. The Hall–Kier alpha value is -1.41. The summed E-state index contributed by atoms with van der Waals surface area (Å²) in [5.41, 5.74) is 0. The molecular formula is C15H26N4O3S. The first-order valence-corrected chi connectivity index (χ1v) is 9.48. The molecule has 7 nitrogen and oxygen atoms in total. The predicted molar refractivity (Wildman–Crippen MR) is 87.2 cm³/mol. The average Bonchev–Trinajstić information content (AvgIpc) is 2.82. The predicted octanol–water partition coefficient (Wildman–Crippen LogP) is 0.948. The fourth-order valence-corrected chi connectivity index (χ4v) is 3.95. The summed E-state index contributed by atoms with van der Waals surface area (Å²) in [5.74, 6) is 1.28. The van der Waals surface area contributed by atoms with Gasteiger partial charge in [-0.15, -0.1) is 0 Å². The van der Waals surface area contributed by atoms with Crippen molar-refractivity contribution in [3.8, 4) is 0 Å². The van der Waals surface area contributed by atoms with Crippen LogP contribution in [0, 0.1) is 18.8 Å². The molecule has 0 radical (unpaired) electrons. The summed E-state index contributed by atoms with van der Waals surface area (Å²) in [7, 11) is -2.04. The molecule has 1 amide bonds. The molecule has 0 saturated heterocycles. The maximum absolute atomic E-state index is 12.1. The Labute approximate surface area is 137 Å². The highest BCUT2D eigenvalue weighted by Gasteiger charge is 2.28. The number of hydrogen-bond donors (Lipinski definition) is 2. The number of nitrogens with zero attached hydrogens (tertiary/aromatic N) is 2. The van der Waals surface area contributed by atoms with Gasteiger partial charge in [-0.2, -0.15) is 0 Å². The summed E-state index contributed by atoms with van der Waals surface area (Å²) in [5, 5.41) is 2.88. The molecule has 1 aliphatic carbocycles. The van der Waals surface area contributed by atoms with E-state index in [1.54, 1.807) is 18.5 Å². The van der Waals surface area contributed by atoms with Crippen LogP contribution in [0.15, 0.2) is 11.2 Å². The van der Waals surface area contributed by atoms with Gasteiger partial charge in [-0.3, -0.25) is 4.79 Å². The minimum absolute atomic E-state index is 0.0649. The Morgan fingerprint density at radius 3 is 2.70 bits per heavy atom. The summed E-state index contributed by atoms with van der Waals surface area (Å²) in [6.45, 7) is 5.78. The highest BCUT2D eigenvalue weighted by Crippen LogP contribution is 2.29. The summed E-state index contributed by atoms with van der Waals surface area (Å²) in [6, 6.07) is 0.118. The molecule has 1 heterocycles. The zero-order chi connectivity index (χ0) is 17.2. The highest BCUT2D eigenvalue weighted by molar-refractivity contribution is 7.89. The van der Waals surface area contributed by atoms with Gasteiger partial charge in [-0.1, -0.05) is 26.7 Å². The van der Waals surface area contributed by atoms with E-state index < -0.39 is 10.0 Å². The zero-order valence-corrected chi connectivity index (χ0v) is 15.0. The molecule has 0 aliphatic heterocycles. The maximum atomic E-state index is 12.1. The first-order chi connectivity index (χ1) is 10.7. The quantitative estimate of drug-likeness (QED) is 0.833. The molecule has 1 aromatic heterocycles. The summed E-state index contributed by atoms with van der Waals surface area (Å²) in [6.07, 6.45) is 4.65. The van der Waals surface area contributed by atoms with E-state index in [9.17, 15) is 13.2 Å². The lowest BCUT2D eigenvalue weighted by Gasteiger charge is -2.34. The second-order valence-electron chi connectivity index (χ2n) is 6.50. The third kappa shape index (κ3) is 4.32. The Kier molecular flexibility index (Phi) is 5.46. The van der Waals surface area contributed by atoms with Crippen LogP contribution in [0.3, 0.4) is 0 Å². The molecule has 23 heavy (non-hydrogen) atoms. The van der Waals surface area contributed by atoms with Gasteiger partial charge in [0.05, 0.1) is 6.54 Å². The molecule has 3 atom stereocenters. The van der Waals surface area contributed by atoms with Crippen LogP contribution < -0.4 is 10.0 Å². The standard InChI is InChI=1S/C15H26N4O3S/c1-10-6-5-7-13(11(10)2)18-14(20)8-16-23(21,22)15-9-19(4)12(3)17-15/h9-11,13,16H,5-8H2,1-4H3,(H,18,20). The number of sulfonamides is 1. The van der Waals surface area contributed by atoms with Crippen molar-refractivity contribution >= 4 is 15.9 Å². The van der Waals surface area contributed by atoms with Gasteiger partial charge in [0.1, 0.15) is 5.82 Å². The first kappa shape index (κ1) is 17.9. The van der Waals surface area contributed by atoms with Gasteiger partial charge in [0.25, 0.3) is 10.0 Å². The van der Waals surface area contributed by atoms with Crippen LogP contribution in [0.2, 0.25) is 0 Å². The van der Waals surface area contributed by atoms with Gasteiger partial charge in [0, 0.05) is 19.3 Å². The number of rotatable bonds is 5. The van der Waals surface area contributed by atoms with Crippen molar-refractivity contribution in [2.45, 2.75) is 51.1 Å². The van der Waals surface area contributed by atoms with E-state index in [0.717, 1.165) is 12.8 Å². The molecule has 0 spiro atoms. The zero-order valence-electron chi connectivity index (χ0n) is 14.2. The second-order valence-corrected chi connectivity index (χ2v) is 8.22. The Morgan fingerprint density at radius 1 is 1.39 bits per heavy atom. The second kappa shape index (κ2) is 7.00.